The zero-order chi connectivity index (χ0) is 13.7. The molecular weight excluding hydrogens is 243 g/mol. The van der Waals surface area contributed by atoms with E-state index in [1.165, 1.54) is 6.07 Å². The number of anilines is 1. The summed E-state index contributed by atoms with van der Waals surface area (Å²) in [7, 11) is 1.84. The van der Waals surface area contributed by atoms with E-state index in [-0.39, 0.29) is 12.4 Å². The number of nitrogens with zero attached hydrogens (tertiary/aromatic N) is 1. The molecular formula is C15H23FN2O. The van der Waals surface area contributed by atoms with Gasteiger partial charge in [0, 0.05) is 37.0 Å². The van der Waals surface area contributed by atoms with Gasteiger partial charge in [0.2, 0.25) is 0 Å². The van der Waals surface area contributed by atoms with Crippen LogP contribution in [0.5, 0.6) is 0 Å². The zero-order valence-corrected chi connectivity index (χ0v) is 11.5. The topological polar surface area (TPSA) is 35.5 Å². The second-order valence-corrected chi connectivity index (χ2v) is 5.12. The van der Waals surface area contributed by atoms with Gasteiger partial charge >= 0.3 is 0 Å². The summed E-state index contributed by atoms with van der Waals surface area (Å²) in [6.07, 6.45) is 4.07. The summed E-state index contributed by atoms with van der Waals surface area (Å²) in [6, 6.07) is 5.75. The van der Waals surface area contributed by atoms with Crippen molar-refractivity contribution in [3.63, 3.8) is 0 Å². The van der Waals surface area contributed by atoms with Gasteiger partial charge in [-0.1, -0.05) is 6.07 Å². The minimum Gasteiger partial charge on any atom is -0.396 e. The van der Waals surface area contributed by atoms with Crippen LogP contribution in [0.25, 0.3) is 0 Å². The number of hydrogen-bond acceptors (Lipinski definition) is 3. The molecule has 0 radical (unpaired) electrons. The third-order valence-electron chi connectivity index (χ3n) is 3.83. The van der Waals surface area contributed by atoms with Crippen molar-refractivity contribution in [1.82, 2.24) is 5.32 Å². The van der Waals surface area contributed by atoms with Gasteiger partial charge in [-0.05, 0) is 44.9 Å². The molecule has 3 nitrogen and oxygen atoms in total. The van der Waals surface area contributed by atoms with E-state index in [0.29, 0.717) is 12.6 Å². The van der Waals surface area contributed by atoms with E-state index in [4.69, 9.17) is 5.11 Å². The summed E-state index contributed by atoms with van der Waals surface area (Å²) >= 11 is 0. The van der Waals surface area contributed by atoms with E-state index in [9.17, 15) is 4.39 Å². The minimum absolute atomic E-state index is 0.139. The maximum atomic E-state index is 14.0. The van der Waals surface area contributed by atoms with Gasteiger partial charge in [0.05, 0.1) is 0 Å². The average Bonchev–Trinajstić information content (AvgIpc) is 2.87. The number of nitrogens with one attached hydrogen (secondary N) is 1. The van der Waals surface area contributed by atoms with Gasteiger partial charge in [-0.3, -0.25) is 0 Å². The molecule has 1 aliphatic rings. The first kappa shape index (κ1) is 14.3. The Morgan fingerprint density at radius 3 is 3.05 bits per heavy atom. The van der Waals surface area contributed by atoms with Gasteiger partial charge in [0.25, 0.3) is 0 Å². The second-order valence-electron chi connectivity index (χ2n) is 5.12. The van der Waals surface area contributed by atoms with Gasteiger partial charge in [0.15, 0.2) is 0 Å². The fraction of sp³-hybridized carbons (Fsp3) is 0.600. The molecule has 1 aromatic carbocycles. The number of rotatable bonds is 6. The molecule has 1 fully saturated rings. The predicted octanol–water partition coefficient (Wildman–Crippen LogP) is 2.29. The van der Waals surface area contributed by atoms with Crippen LogP contribution in [-0.4, -0.2) is 31.3 Å². The molecule has 1 aromatic rings. The van der Waals surface area contributed by atoms with Crippen LogP contribution >= 0.6 is 0 Å². The first-order chi connectivity index (χ1) is 9.27. The van der Waals surface area contributed by atoms with Crippen molar-refractivity contribution in [2.45, 2.75) is 38.3 Å². The molecule has 4 heteroatoms. The Hall–Kier alpha value is -1.13. The predicted molar refractivity (Wildman–Crippen MR) is 75.9 cm³/mol. The Kier molecular flexibility index (Phi) is 5.16. The highest BCUT2D eigenvalue weighted by molar-refractivity contribution is 5.55. The van der Waals surface area contributed by atoms with Crippen molar-refractivity contribution < 1.29 is 9.50 Å². The largest absolute Gasteiger partial charge is 0.396 e. The van der Waals surface area contributed by atoms with Gasteiger partial charge in [-0.2, -0.15) is 0 Å². The van der Waals surface area contributed by atoms with Crippen LogP contribution in [0.4, 0.5) is 10.1 Å². The quantitative estimate of drug-likeness (QED) is 0.829. The molecule has 2 N–H and O–H groups in total. The molecule has 106 valence electrons. The van der Waals surface area contributed by atoms with Crippen molar-refractivity contribution in [2.75, 3.05) is 25.1 Å². The highest BCUT2D eigenvalue weighted by Gasteiger charge is 2.26. The lowest BCUT2D eigenvalue weighted by atomic mass is 10.1. The smallest absolute Gasteiger partial charge is 0.129 e. The van der Waals surface area contributed by atoms with E-state index >= 15 is 0 Å². The van der Waals surface area contributed by atoms with Crippen LogP contribution in [0.3, 0.4) is 0 Å². The fourth-order valence-electron chi connectivity index (χ4n) is 2.95. The van der Waals surface area contributed by atoms with Gasteiger partial charge in [0.1, 0.15) is 5.82 Å². The lowest BCUT2D eigenvalue weighted by molar-refractivity contribution is 0.279. The number of aliphatic hydroxyl groups excluding tert-OH is 1. The molecule has 1 atom stereocenters. The van der Waals surface area contributed by atoms with Crippen molar-refractivity contribution in [1.29, 1.82) is 0 Å². The maximum Gasteiger partial charge on any atom is 0.129 e. The van der Waals surface area contributed by atoms with Gasteiger partial charge < -0.3 is 15.3 Å². The van der Waals surface area contributed by atoms with Gasteiger partial charge in [-0.15, -0.1) is 0 Å². The number of halogens is 1. The molecule has 19 heavy (non-hydrogen) atoms. The Bertz CT molecular complexity index is 411. The monoisotopic (exact) mass is 266 g/mol. The van der Waals surface area contributed by atoms with Crippen LogP contribution in [0.1, 0.15) is 31.2 Å². The molecule has 1 saturated heterocycles. The van der Waals surface area contributed by atoms with Crippen LogP contribution in [-0.2, 0) is 6.54 Å². The molecule has 0 bridgehead atoms. The average molecular weight is 266 g/mol. The Balaban J connectivity index is 2.22. The summed E-state index contributed by atoms with van der Waals surface area (Å²) in [6.45, 7) is 1.76. The molecule has 1 unspecified atom stereocenters. The van der Waals surface area contributed by atoms with Crippen LogP contribution in [0.15, 0.2) is 18.2 Å². The standard InChI is InChI=1S/C15H23FN2O/c1-17-11-13-14(16)7-2-8-15(13)18-9-3-5-12(18)6-4-10-19/h2,7-8,12,17,19H,3-6,9-11H2,1H3. The minimum atomic E-state index is -0.139. The lowest BCUT2D eigenvalue weighted by Gasteiger charge is -2.29. The first-order valence-corrected chi connectivity index (χ1v) is 7.07. The fourth-order valence-corrected chi connectivity index (χ4v) is 2.95. The number of benzene rings is 1. The maximum absolute atomic E-state index is 14.0. The normalized spacial score (nSPS) is 19.1. The van der Waals surface area contributed by atoms with Gasteiger partial charge in [-0.25, -0.2) is 4.39 Å². The third kappa shape index (κ3) is 3.25. The Morgan fingerprint density at radius 2 is 2.32 bits per heavy atom. The van der Waals surface area contributed by atoms with E-state index in [2.05, 4.69) is 10.2 Å². The van der Waals surface area contributed by atoms with Crippen LogP contribution in [0, 0.1) is 5.82 Å². The number of aliphatic hydroxyl groups is 1. The molecule has 0 amide bonds. The molecule has 2 rings (SSSR count). The Morgan fingerprint density at radius 1 is 1.47 bits per heavy atom. The third-order valence-corrected chi connectivity index (χ3v) is 3.83. The highest BCUT2D eigenvalue weighted by atomic mass is 19.1. The molecule has 0 saturated carbocycles. The molecule has 0 aliphatic carbocycles. The summed E-state index contributed by atoms with van der Waals surface area (Å²) in [5.74, 6) is -0.139. The van der Waals surface area contributed by atoms with Crippen LogP contribution < -0.4 is 10.2 Å². The molecule has 0 aromatic heterocycles. The van der Waals surface area contributed by atoms with Crippen molar-refractivity contribution in [2.24, 2.45) is 0 Å². The van der Waals surface area contributed by atoms with Crippen molar-refractivity contribution in [3.8, 4) is 0 Å². The summed E-state index contributed by atoms with van der Waals surface area (Å²) < 4.78 is 14.0. The molecule has 0 spiro atoms. The first-order valence-electron chi connectivity index (χ1n) is 7.07. The van der Waals surface area contributed by atoms with Crippen LogP contribution in [0.2, 0.25) is 0 Å². The molecule has 1 aliphatic heterocycles. The van der Waals surface area contributed by atoms with Crippen molar-refractivity contribution in [3.05, 3.63) is 29.6 Å². The van der Waals surface area contributed by atoms with E-state index in [1.54, 1.807) is 6.07 Å². The van der Waals surface area contributed by atoms with E-state index < -0.39 is 0 Å². The highest BCUT2D eigenvalue weighted by Crippen LogP contribution is 2.31. The molecule has 1 heterocycles. The van der Waals surface area contributed by atoms with E-state index in [0.717, 1.165) is 43.5 Å². The lowest BCUT2D eigenvalue weighted by Crippen LogP contribution is -2.31. The number of hydrogen-bond donors (Lipinski definition) is 2. The summed E-state index contributed by atoms with van der Waals surface area (Å²) in [4.78, 5) is 2.31. The zero-order valence-electron chi connectivity index (χ0n) is 11.5. The summed E-state index contributed by atoms with van der Waals surface area (Å²) in [5, 5.41) is 12.0. The summed E-state index contributed by atoms with van der Waals surface area (Å²) in [5.41, 5.74) is 1.76. The SMILES string of the molecule is CNCc1c(F)cccc1N1CCCC1CCCO. The Labute approximate surface area is 114 Å². The second kappa shape index (κ2) is 6.87. The van der Waals surface area contributed by atoms with Crippen molar-refractivity contribution >= 4 is 5.69 Å². The van der Waals surface area contributed by atoms with E-state index in [1.807, 2.05) is 13.1 Å².